The molecule has 160 valence electrons. The van der Waals surface area contributed by atoms with Gasteiger partial charge in [0.05, 0.1) is 12.6 Å². The van der Waals surface area contributed by atoms with E-state index in [4.69, 9.17) is 11.6 Å². The Bertz CT molecular complexity index is 757. The van der Waals surface area contributed by atoms with Gasteiger partial charge in [-0.25, -0.2) is 0 Å². The Morgan fingerprint density at radius 1 is 1.38 bits per heavy atom. The number of nitrogens with one attached hydrogen (secondary N) is 1. The highest BCUT2D eigenvalue weighted by atomic mass is 35.5. The number of carbonyl (C=O) groups is 2. The first-order valence-corrected chi connectivity index (χ1v) is 8.74. The van der Waals surface area contributed by atoms with Gasteiger partial charge in [0.25, 0.3) is 5.91 Å². The second-order valence-electron chi connectivity index (χ2n) is 5.98. The number of rotatable bonds is 10. The van der Waals surface area contributed by atoms with Gasteiger partial charge >= 0.3 is 12.1 Å². The number of alkyl halides is 6. The number of aldehydes is 1. The smallest absolute Gasteiger partial charge is 0.384 e. The Morgan fingerprint density at radius 2 is 2.03 bits per heavy atom. The predicted octanol–water partition coefficient (Wildman–Crippen LogP) is 3.39. The summed E-state index contributed by atoms with van der Waals surface area (Å²) in [7, 11) is 0. The molecule has 0 aromatic rings. The van der Waals surface area contributed by atoms with E-state index in [1.54, 1.807) is 0 Å². The van der Waals surface area contributed by atoms with Crippen LogP contribution in [0.25, 0.3) is 0 Å². The zero-order valence-corrected chi connectivity index (χ0v) is 16.1. The number of hydrogen-bond donors (Lipinski definition) is 1. The van der Waals surface area contributed by atoms with Crippen LogP contribution < -0.4 is 5.32 Å². The van der Waals surface area contributed by atoms with Gasteiger partial charge in [-0.05, 0) is 36.9 Å². The van der Waals surface area contributed by atoms with E-state index >= 15 is 0 Å². The molecule has 1 aliphatic rings. The van der Waals surface area contributed by atoms with E-state index in [-0.39, 0.29) is 23.6 Å². The van der Waals surface area contributed by atoms with Gasteiger partial charge in [-0.1, -0.05) is 6.08 Å². The van der Waals surface area contributed by atoms with Gasteiger partial charge < -0.3 is 10.2 Å². The molecule has 0 saturated heterocycles. The molecule has 1 unspecified atom stereocenters. The molecule has 5 nitrogen and oxygen atoms in total. The summed E-state index contributed by atoms with van der Waals surface area (Å²) in [5.41, 5.74) is 1.01. The molecular formula is C18H19ClF5N3O2. The average Bonchev–Trinajstić information content (AvgIpc) is 2.96. The number of allylic oxidation sites excluding steroid dienone is 1. The normalized spacial score (nSPS) is 17.6. The summed E-state index contributed by atoms with van der Waals surface area (Å²) in [5.74, 6) is -5.33. The zero-order valence-electron chi connectivity index (χ0n) is 15.3. The van der Waals surface area contributed by atoms with Crippen molar-refractivity contribution < 1.29 is 31.5 Å². The van der Waals surface area contributed by atoms with Gasteiger partial charge in [0.2, 0.25) is 0 Å². The summed E-state index contributed by atoms with van der Waals surface area (Å²) in [6, 6.07) is -0.758. The predicted molar refractivity (Wildman–Crippen MR) is 99.9 cm³/mol. The van der Waals surface area contributed by atoms with E-state index in [1.807, 2.05) is 5.32 Å². The van der Waals surface area contributed by atoms with E-state index in [0.29, 0.717) is 11.9 Å². The molecule has 1 N–H and O–H groups in total. The standard InChI is InChI=1S/C18H19ClF5N3O2/c1-12(27-10-14(8-19)15(16(27)29)5-6-25-2)13(4-3-7-28)9-26-11-17(20,21)18(22,23)24/h3-7,9,12,26H,2,8,10-11H2,1H3/b4-3?,6-5-,13-9?. The van der Waals surface area contributed by atoms with E-state index in [2.05, 4.69) is 11.7 Å². The fourth-order valence-corrected chi connectivity index (χ4v) is 2.68. The summed E-state index contributed by atoms with van der Waals surface area (Å²) in [4.78, 5) is 28.1. The largest absolute Gasteiger partial charge is 0.455 e. The van der Waals surface area contributed by atoms with E-state index in [9.17, 15) is 31.5 Å². The van der Waals surface area contributed by atoms with Crippen molar-refractivity contribution in [2.45, 2.75) is 25.1 Å². The Balaban J connectivity index is 3.06. The quantitative estimate of drug-likeness (QED) is 0.142. The van der Waals surface area contributed by atoms with Crippen molar-refractivity contribution in [3.05, 3.63) is 47.3 Å². The first-order chi connectivity index (χ1) is 13.5. The van der Waals surface area contributed by atoms with Crippen LogP contribution in [0.5, 0.6) is 0 Å². The average molecular weight is 440 g/mol. The van der Waals surface area contributed by atoms with Crippen LogP contribution >= 0.6 is 11.6 Å². The lowest BCUT2D eigenvalue weighted by Gasteiger charge is -2.27. The highest BCUT2D eigenvalue weighted by molar-refractivity contribution is 6.20. The van der Waals surface area contributed by atoms with E-state index in [1.165, 1.54) is 30.2 Å². The molecular weight excluding hydrogens is 421 g/mol. The molecule has 0 saturated carbocycles. The van der Waals surface area contributed by atoms with E-state index in [0.717, 1.165) is 12.3 Å². The maximum Gasteiger partial charge on any atom is 0.455 e. The lowest BCUT2D eigenvalue weighted by Crippen LogP contribution is -2.44. The Hall–Kier alpha value is -2.49. The number of nitrogens with zero attached hydrogens (tertiary/aromatic N) is 2. The summed E-state index contributed by atoms with van der Waals surface area (Å²) in [5, 5.41) is 1.92. The fourth-order valence-electron chi connectivity index (χ4n) is 2.45. The maximum atomic E-state index is 13.1. The lowest BCUT2D eigenvalue weighted by atomic mass is 10.1. The van der Waals surface area contributed by atoms with Crippen molar-refractivity contribution in [3.63, 3.8) is 0 Å². The summed E-state index contributed by atoms with van der Waals surface area (Å²) < 4.78 is 63.0. The van der Waals surface area contributed by atoms with Crippen molar-refractivity contribution in [2.24, 2.45) is 4.99 Å². The minimum absolute atomic E-state index is 0.0467. The van der Waals surface area contributed by atoms with Gasteiger partial charge in [-0.3, -0.25) is 14.6 Å². The minimum Gasteiger partial charge on any atom is -0.384 e. The minimum atomic E-state index is -5.71. The molecule has 1 amide bonds. The number of hydrogen-bond acceptors (Lipinski definition) is 4. The van der Waals surface area contributed by atoms with Crippen LogP contribution in [0.3, 0.4) is 0 Å². The van der Waals surface area contributed by atoms with Crippen molar-refractivity contribution in [1.82, 2.24) is 10.2 Å². The van der Waals surface area contributed by atoms with Gasteiger partial charge in [-0.15, -0.1) is 11.6 Å². The number of amides is 1. The van der Waals surface area contributed by atoms with Crippen LogP contribution in [0.15, 0.2) is 52.3 Å². The number of aliphatic imine (C=N–C) groups is 1. The third-order valence-corrected chi connectivity index (χ3v) is 4.39. The SMILES string of the molecule is C=N/C=C\C1=C(CCl)CN(C(C)C(C=CC=O)=CNCC(F)(F)C(F)(F)F)C1=O. The molecule has 0 spiro atoms. The van der Waals surface area contributed by atoms with Crippen LogP contribution in [0, 0.1) is 0 Å². The van der Waals surface area contributed by atoms with Gasteiger partial charge in [0, 0.05) is 30.4 Å². The van der Waals surface area contributed by atoms with Crippen molar-refractivity contribution in [1.29, 1.82) is 0 Å². The summed E-state index contributed by atoms with van der Waals surface area (Å²) in [6.45, 7) is 3.22. The molecule has 1 heterocycles. The van der Waals surface area contributed by atoms with Crippen molar-refractivity contribution in [2.75, 3.05) is 19.0 Å². The van der Waals surface area contributed by atoms with Crippen LogP contribution in [0.4, 0.5) is 22.0 Å². The van der Waals surface area contributed by atoms with Crippen LogP contribution in [-0.2, 0) is 9.59 Å². The highest BCUT2D eigenvalue weighted by Crippen LogP contribution is 2.34. The molecule has 0 bridgehead atoms. The van der Waals surface area contributed by atoms with Gasteiger partial charge in [0.15, 0.2) is 0 Å². The fraction of sp³-hybridized carbons (Fsp3) is 0.389. The Labute approximate surface area is 169 Å². The van der Waals surface area contributed by atoms with Crippen molar-refractivity contribution in [3.8, 4) is 0 Å². The van der Waals surface area contributed by atoms with Gasteiger partial charge in [-0.2, -0.15) is 22.0 Å². The maximum absolute atomic E-state index is 13.1. The molecule has 0 radical (unpaired) electrons. The molecule has 1 aliphatic heterocycles. The molecule has 29 heavy (non-hydrogen) atoms. The van der Waals surface area contributed by atoms with Gasteiger partial charge in [0.1, 0.15) is 6.29 Å². The first-order valence-electron chi connectivity index (χ1n) is 8.21. The molecule has 11 heteroatoms. The second kappa shape index (κ2) is 10.3. The molecule has 0 aromatic heterocycles. The first kappa shape index (κ1) is 24.5. The molecule has 1 atom stereocenters. The highest BCUT2D eigenvalue weighted by Gasteiger charge is 2.57. The lowest BCUT2D eigenvalue weighted by molar-refractivity contribution is -0.278. The molecule has 0 fully saturated rings. The van der Waals surface area contributed by atoms with Crippen molar-refractivity contribution >= 4 is 30.5 Å². The number of carbonyl (C=O) groups excluding carboxylic acids is 2. The Morgan fingerprint density at radius 3 is 2.55 bits per heavy atom. The summed E-state index contributed by atoms with van der Waals surface area (Å²) >= 11 is 5.86. The Kier molecular flexibility index (Phi) is 8.75. The van der Waals surface area contributed by atoms with Crippen LogP contribution in [0.1, 0.15) is 6.92 Å². The van der Waals surface area contributed by atoms with E-state index < -0.39 is 30.6 Å². The third kappa shape index (κ3) is 6.25. The number of halogens is 6. The second-order valence-corrected chi connectivity index (χ2v) is 6.25. The molecule has 1 rings (SSSR count). The molecule has 0 aliphatic carbocycles. The topological polar surface area (TPSA) is 61.8 Å². The van der Waals surface area contributed by atoms with Crippen LogP contribution in [-0.4, -0.2) is 60.9 Å². The zero-order chi connectivity index (χ0) is 22.2. The molecule has 0 aromatic carbocycles. The van der Waals surface area contributed by atoms with Crippen LogP contribution in [0.2, 0.25) is 0 Å². The summed E-state index contributed by atoms with van der Waals surface area (Å²) in [6.07, 6.45) is 0.585. The monoisotopic (exact) mass is 439 g/mol. The third-order valence-electron chi connectivity index (χ3n) is 4.07.